The first-order valence-corrected chi connectivity index (χ1v) is 23.8. The number of nitrogens with zero attached hydrogens (tertiary/aromatic N) is 4. The van der Waals surface area contributed by atoms with Crippen molar-refractivity contribution in [2.75, 3.05) is 81.6 Å². The molecule has 4 aromatic rings. The highest BCUT2D eigenvalue weighted by atomic mass is 32.2. The van der Waals surface area contributed by atoms with E-state index in [1.807, 2.05) is 32.9 Å². The maximum atomic E-state index is 12.6. The third-order valence-corrected chi connectivity index (χ3v) is 11.6. The van der Waals surface area contributed by atoms with Gasteiger partial charge in [-0.05, 0) is 93.6 Å². The quantitative estimate of drug-likeness (QED) is 0.0416. The van der Waals surface area contributed by atoms with Crippen molar-refractivity contribution >= 4 is 63.1 Å². The number of ether oxygens (including phenoxy) is 3. The maximum absolute atomic E-state index is 12.6. The molecule has 0 bridgehead atoms. The maximum Gasteiger partial charge on any atom is 0.414 e. The fourth-order valence-electron chi connectivity index (χ4n) is 7.52. The van der Waals surface area contributed by atoms with Crippen LogP contribution >= 0.6 is 0 Å². The van der Waals surface area contributed by atoms with Crippen molar-refractivity contribution in [2.45, 2.75) is 39.4 Å². The van der Waals surface area contributed by atoms with E-state index in [9.17, 15) is 32.4 Å². The fraction of sp³-hybridized carbons (Fsp3) is 0.354. The average Bonchev–Trinajstić information content (AvgIpc) is 3.88. The highest BCUT2D eigenvalue weighted by Gasteiger charge is 2.35. The molecule has 3 fully saturated rings. The van der Waals surface area contributed by atoms with Crippen molar-refractivity contribution < 1.29 is 50.8 Å². The Kier molecular flexibility index (Phi) is 17.2. The molecule has 3 heterocycles. The smallest absolute Gasteiger partial charge is 0.414 e. The number of cyclic esters (lactones) is 2. The summed E-state index contributed by atoms with van der Waals surface area (Å²) < 4.78 is 42.6. The molecular weight excluding hydrogens is 897 g/mol. The summed E-state index contributed by atoms with van der Waals surface area (Å²) in [7, 11) is -3.63. The number of amidine groups is 2. The Morgan fingerprint density at radius 1 is 0.676 bits per heavy atom. The molecule has 360 valence electrons. The number of carbonyl (C=O) groups excluding carboxylic acids is 5. The SMILES string of the molecule is CCOC(=O)CCN1CCN(CC2CN(c3ccc(C(=N)NC(=O)c4cccc(C)c4)cc3)C(=O)O2)CC1.Cc1cccc(C(=O)NC(=N)c2ccc(N3CC(COS(C)(=O)=O)OC3=O)cc2)c1. The molecular formula is C48H56N8O11S. The van der Waals surface area contributed by atoms with Gasteiger partial charge >= 0.3 is 18.2 Å². The molecule has 4 aromatic carbocycles. The van der Waals surface area contributed by atoms with Gasteiger partial charge in [-0.25, -0.2) is 9.59 Å². The van der Waals surface area contributed by atoms with Crippen LogP contribution in [-0.2, 0) is 33.3 Å². The zero-order valence-electron chi connectivity index (χ0n) is 38.4. The lowest BCUT2D eigenvalue weighted by atomic mass is 10.1. The monoisotopic (exact) mass is 952 g/mol. The van der Waals surface area contributed by atoms with Crippen molar-refractivity contribution in [1.82, 2.24) is 20.4 Å². The van der Waals surface area contributed by atoms with Crippen molar-refractivity contribution in [3.05, 3.63) is 130 Å². The lowest BCUT2D eigenvalue weighted by Crippen LogP contribution is -2.49. The largest absolute Gasteiger partial charge is 0.466 e. The number of nitrogens with one attached hydrogen (secondary N) is 4. The van der Waals surface area contributed by atoms with Gasteiger partial charge in [-0.2, -0.15) is 8.42 Å². The molecule has 0 aromatic heterocycles. The number of anilines is 2. The van der Waals surface area contributed by atoms with Gasteiger partial charge in [-0.1, -0.05) is 35.4 Å². The lowest BCUT2D eigenvalue weighted by molar-refractivity contribution is -0.143. The minimum absolute atomic E-state index is 0.00803. The molecule has 3 aliphatic heterocycles. The van der Waals surface area contributed by atoms with Gasteiger partial charge in [0.05, 0.1) is 32.4 Å². The summed E-state index contributed by atoms with van der Waals surface area (Å²) in [5.41, 5.74) is 5.07. The molecule has 3 saturated heterocycles. The topological polar surface area (TPSA) is 241 Å². The highest BCUT2D eigenvalue weighted by Crippen LogP contribution is 2.25. The molecule has 0 spiro atoms. The van der Waals surface area contributed by atoms with Crippen LogP contribution in [0.1, 0.15) is 56.3 Å². The minimum atomic E-state index is -3.63. The molecule has 20 heteroatoms. The van der Waals surface area contributed by atoms with Gasteiger partial charge in [0.15, 0.2) is 0 Å². The van der Waals surface area contributed by atoms with E-state index in [1.54, 1.807) is 89.8 Å². The van der Waals surface area contributed by atoms with Crippen LogP contribution in [0.3, 0.4) is 0 Å². The van der Waals surface area contributed by atoms with Gasteiger partial charge < -0.3 is 29.7 Å². The molecule has 2 atom stereocenters. The van der Waals surface area contributed by atoms with Gasteiger partial charge in [0, 0.05) is 72.9 Å². The van der Waals surface area contributed by atoms with E-state index in [0.29, 0.717) is 66.3 Å². The van der Waals surface area contributed by atoms with Crippen LogP contribution in [0.4, 0.5) is 21.0 Å². The summed E-state index contributed by atoms with van der Waals surface area (Å²) in [6.45, 7) is 11.1. The Labute approximate surface area is 395 Å². The number of hydrogen-bond acceptors (Lipinski definition) is 15. The number of carbonyl (C=O) groups is 5. The Balaban J connectivity index is 0.000000230. The van der Waals surface area contributed by atoms with Crippen LogP contribution in [-0.4, -0.2) is 144 Å². The van der Waals surface area contributed by atoms with E-state index in [-0.39, 0.29) is 48.7 Å². The molecule has 19 nitrogen and oxygen atoms in total. The predicted octanol–water partition coefficient (Wildman–Crippen LogP) is 4.70. The first-order chi connectivity index (χ1) is 32.4. The molecule has 68 heavy (non-hydrogen) atoms. The Hall–Kier alpha value is -7.00. The van der Waals surface area contributed by atoms with Crippen LogP contribution in [0.15, 0.2) is 97.1 Å². The van der Waals surface area contributed by atoms with Crippen molar-refractivity contribution in [3.8, 4) is 0 Å². The summed E-state index contributed by atoms with van der Waals surface area (Å²) in [5.74, 6) is -0.967. The van der Waals surface area contributed by atoms with Gasteiger partial charge in [0.2, 0.25) is 0 Å². The molecule has 0 aliphatic carbocycles. The predicted molar refractivity (Wildman–Crippen MR) is 254 cm³/mol. The highest BCUT2D eigenvalue weighted by molar-refractivity contribution is 7.86. The fourth-order valence-corrected chi connectivity index (χ4v) is 7.92. The number of benzene rings is 4. The second-order valence-corrected chi connectivity index (χ2v) is 18.1. The van der Waals surface area contributed by atoms with Crippen LogP contribution in [0.25, 0.3) is 0 Å². The van der Waals surface area contributed by atoms with E-state index in [0.717, 1.165) is 43.6 Å². The summed E-state index contributed by atoms with van der Waals surface area (Å²) in [6.07, 6.45) is -0.627. The number of aryl methyl sites for hydroxylation is 2. The van der Waals surface area contributed by atoms with E-state index in [2.05, 4.69) is 24.6 Å². The summed E-state index contributed by atoms with van der Waals surface area (Å²) in [6, 6.07) is 27.6. The van der Waals surface area contributed by atoms with Crippen LogP contribution < -0.4 is 20.4 Å². The van der Waals surface area contributed by atoms with Crippen molar-refractivity contribution in [2.24, 2.45) is 0 Å². The summed E-state index contributed by atoms with van der Waals surface area (Å²) in [5, 5.41) is 21.5. The second-order valence-electron chi connectivity index (χ2n) is 16.4. The van der Waals surface area contributed by atoms with E-state index in [4.69, 9.17) is 25.0 Å². The third kappa shape index (κ3) is 14.5. The van der Waals surface area contributed by atoms with Crippen LogP contribution in [0, 0.1) is 24.7 Å². The molecule has 4 N–H and O–H groups in total. The molecule has 0 saturated carbocycles. The normalized spacial score (nSPS) is 17.4. The Morgan fingerprint density at radius 3 is 1.59 bits per heavy atom. The number of hydrogen-bond donors (Lipinski definition) is 4. The number of piperazine rings is 1. The zero-order chi connectivity index (χ0) is 49.0. The number of esters is 1. The molecule has 2 unspecified atom stereocenters. The summed E-state index contributed by atoms with van der Waals surface area (Å²) >= 11 is 0. The lowest BCUT2D eigenvalue weighted by Gasteiger charge is -2.35. The van der Waals surface area contributed by atoms with Gasteiger partial charge in [-0.3, -0.25) is 44.1 Å². The van der Waals surface area contributed by atoms with Crippen molar-refractivity contribution in [3.63, 3.8) is 0 Å². The van der Waals surface area contributed by atoms with Gasteiger partial charge in [-0.15, -0.1) is 0 Å². The molecule has 0 radical (unpaired) electrons. The molecule has 3 aliphatic rings. The van der Waals surface area contributed by atoms with Crippen LogP contribution in [0.2, 0.25) is 0 Å². The average molecular weight is 953 g/mol. The first kappa shape index (κ1) is 50.4. The number of rotatable bonds is 15. The minimum Gasteiger partial charge on any atom is -0.466 e. The standard InChI is InChI=1S/C28H35N5O5.C20H21N3O6S/c1-3-37-25(34)11-12-31-13-15-32(16-14-31)18-24-19-33(28(36)38-24)23-9-7-21(8-10-23)26(29)30-27(35)22-6-4-5-20(2)17-22;1-13-4-3-5-15(10-13)19(24)22-18(21)14-6-8-16(9-7-14)23-11-17(29-20(23)25)12-28-30(2,26)27/h4-10,17,24H,3,11-16,18-19H2,1-2H3,(H2,29,30,35);3-10,17H,11-12H2,1-2H3,(H2,21,22,24). The van der Waals surface area contributed by atoms with Gasteiger partial charge in [0.25, 0.3) is 21.9 Å². The van der Waals surface area contributed by atoms with Crippen LogP contribution in [0.5, 0.6) is 0 Å². The Morgan fingerprint density at radius 2 is 1.13 bits per heavy atom. The van der Waals surface area contributed by atoms with E-state index in [1.165, 1.54) is 4.90 Å². The first-order valence-electron chi connectivity index (χ1n) is 22.0. The molecule has 4 amide bonds. The van der Waals surface area contributed by atoms with Gasteiger partial charge in [0.1, 0.15) is 30.5 Å². The van der Waals surface area contributed by atoms with Crippen molar-refractivity contribution in [1.29, 1.82) is 10.8 Å². The second kappa shape index (κ2) is 23.1. The van der Waals surface area contributed by atoms with E-state index < -0.39 is 28.4 Å². The van der Waals surface area contributed by atoms with E-state index >= 15 is 0 Å². The Bertz CT molecular complexity index is 2600. The number of amides is 4. The zero-order valence-corrected chi connectivity index (χ0v) is 39.2. The third-order valence-electron chi connectivity index (χ3n) is 11.1. The summed E-state index contributed by atoms with van der Waals surface area (Å²) in [4.78, 5) is 68.4. The molecule has 7 rings (SSSR count).